The Morgan fingerprint density at radius 1 is 0.929 bits per heavy atom. The predicted octanol–water partition coefficient (Wildman–Crippen LogP) is 3.21. The molecular formula is C18H27N5O5. The van der Waals surface area contributed by atoms with Crippen molar-refractivity contribution in [2.24, 2.45) is 10.7 Å². The molecule has 1 rings (SSSR count). The SMILES string of the molecule is CC(C)(C)OC(=O)NC(=Nc1cccc(NC(N)=O)c1)NC(=O)OC(C)(C)C. The molecule has 154 valence electrons. The molecule has 0 atom stereocenters. The van der Waals surface area contributed by atoms with Gasteiger partial charge in [-0.25, -0.2) is 19.4 Å². The highest BCUT2D eigenvalue weighted by atomic mass is 16.6. The van der Waals surface area contributed by atoms with E-state index >= 15 is 0 Å². The van der Waals surface area contributed by atoms with Gasteiger partial charge in [-0.3, -0.25) is 10.6 Å². The maximum absolute atomic E-state index is 12.1. The van der Waals surface area contributed by atoms with Gasteiger partial charge >= 0.3 is 18.2 Å². The molecule has 1 aromatic carbocycles. The number of primary amides is 1. The van der Waals surface area contributed by atoms with Crippen LogP contribution in [0.1, 0.15) is 41.5 Å². The van der Waals surface area contributed by atoms with Gasteiger partial charge in [0.05, 0.1) is 5.69 Å². The number of rotatable bonds is 2. The van der Waals surface area contributed by atoms with Crippen LogP contribution >= 0.6 is 0 Å². The first-order chi connectivity index (χ1) is 12.7. The van der Waals surface area contributed by atoms with E-state index in [0.717, 1.165) is 0 Å². The summed E-state index contributed by atoms with van der Waals surface area (Å²) in [5.41, 5.74) is 4.32. The van der Waals surface area contributed by atoms with Gasteiger partial charge in [-0.2, -0.15) is 0 Å². The fourth-order valence-electron chi connectivity index (χ4n) is 1.81. The van der Waals surface area contributed by atoms with Crippen molar-refractivity contribution < 1.29 is 23.9 Å². The molecule has 0 saturated carbocycles. The van der Waals surface area contributed by atoms with E-state index in [9.17, 15) is 14.4 Å². The predicted molar refractivity (Wildman–Crippen MR) is 105 cm³/mol. The maximum Gasteiger partial charge on any atom is 0.414 e. The summed E-state index contributed by atoms with van der Waals surface area (Å²) >= 11 is 0. The summed E-state index contributed by atoms with van der Waals surface area (Å²) in [6, 6.07) is 5.58. The fourth-order valence-corrected chi connectivity index (χ4v) is 1.81. The van der Waals surface area contributed by atoms with E-state index in [1.165, 1.54) is 6.07 Å². The molecule has 1 aromatic rings. The molecule has 0 spiro atoms. The summed E-state index contributed by atoms with van der Waals surface area (Å²) in [6.45, 7) is 10.2. The van der Waals surface area contributed by atoms with Crippen LogP contribution in [0, 0.1) is 0 Å². The van der Waals surface area contributed by atoms with Gasteiger partial charge in [0.15, 0.2) is 0 Å². The van der Waals surface area contributed by atoms with E-state index in [2.05, 4.69) is 20.9 Å². The standard InChI is InChI=1S/C18H27N5O5/c1-17(2,3)27-15(25)22-14(23-16(26)28-18(4,5)6)21-12-9-7-8-11(10-12)20-13(19)24/h7-10H,1-6H3,(H3,19,20,24)(H2,21,22,23,25,26). The number of urea groups is 1. The van der Waals surface area contributed by atoms with Crippen molar-refractivity contribution in [3.05, 3.63) is 24.3 Å². The Balaban J connectivity index is 3.08. The first-order valence-electron chi connectivity index (χ1n) is 8.49. The Morgan fingerprint density at radius 2 is 1.43 bits per heavy atom. The minimum atomic E-state index is -0.811. The molecule has 0 aliphatic heterocycles. The Morgan fingerprint density at radius 3 is 1.86 bits per heavy atom. The topological polar surface area (TPSA) is 144 Å². The molecule has 5 N–H and O–H groups in total. The van der Waals surface area contributed by atoms with Crippen LogP contribution in [-0.4, -0.2) is 35.4 Å². The van der Waals surface area contributed by atoms with Crippen molar-refractivity contribution in [3.8, 4) is 0 Å². The first kappa shape index (κ1) is 22.7. The van der Waals surface area contributed by atoms with Gasteiger partial charge in [-0.1, -0.05) is 6.07 Å². The lowest BCUT2D eigenvalue weighted by molar-refractivity contribution is 0.0545. The van der Waals surface area contributed by atoms with Crippen LogP contribution in [0.2, 0.25) is 0 Å². The van der Waals surface area contributed by atoms with Crippen LogP contribution < -0.4 is 21.7 Å². The van der Waals surface area contributed by atoms with Gasteiger partial charge in [0.1, 0.15) is 11.2 Å². The summed E-state index contributed by atoms with van der Waals surface area (Å²) in [4.78, 5) is 39.3. The van der Waals surface area contributed by atoms with Gasteiger partial charge in [0.25, 0.3) is 0 Å². The number of nitrogens with one attached hydrogen (secondary N) is 3. The average molecular weight is 393 g/mol. The quantitative estimate of drug-likeness (QED) is 0.450. The van der Waals surface area contributed by atoms with E-state index in [0.29, 0.717) is 11.4 Å². The zero-order valence-electron chi connectivity index (χ0n) is 16.9. The molecule has 28 heavy (non-hydrogen) atoms. The number of alkyl carbamates (subject to hydrolysis) is 2. The van der Waals surface area contributed by atoms with Crippen molar-refractivity contribution in [1.29, 1.82) is 0 Å². The highest BCUT2D eigenvalue weighted by molar-refractivity contribution is 6.02. The molecule has 4 amide bonds. The second kappa shape index (κ2) is 9.07. The van der Waals surface area contributed by atoms with E-state index in [4.69, 9.17) is 15.2 Å². The number of guanidine groups is 1. The number of anilines is 1. The van der Waals surface area contributed by atoms with E-state index < -0.39 is 29.4 Å². The summed E-state index contributed by atoms with van der Waals surface area (Å²) in [5, 5.41) is 7.14. The number of nitrogens with zero attached hydrogens (tertiary/aromatic N) is 1. The molecule has 0 aliphatic rings. The van der Waals surface area contributed by atoms with Crippen molar-refractivity contribution in [2.45, 2.75) is 52.7 Å². The van der Waals surface area contributed by atoms with Crippen LogP contribution in [0.5, 0.6) is 0 Å². The Bertz CT molecular complexity index is 730. The molecule has 0 saturated heterocycles. The third-order valence-electron chi connectivity index (χ3n) is 2.59. The molecular weight excluding hydrogens is 366 g/mol. The monoisotopic (exact) mass is 393 g/mol. The molecule has 10 heteroatoms. The van der Waals surface area contributed by atoms with Crippen molar-refractivity contribution in [1.82, 2.24) is 10.6 Å². The van der Waals surface area contributed by atoms with Crippen molar-refractivity contribution in [2.75, 3.05) is 5.32 Å². The van der Waals surface area contributed by atoms with Crippen molar-refractivity contribution >= 4 is 35.6 Å². The Labute approximate surface area is 163 Å². The highest BCUT2D eigenvalue weighted by Crippen LogP contribution is 2.18. The van der Waals surface area contributed by atoms with E-state index in [-0.39, 0.29) is 5.96 Å². The molecule has 0 bridgehead atoms. The molecule has 0 fully saturated rings. The summed E-state index contributed by atoms with van der Waals surface area (Å²) in [7, 11) is 0. The van der Waals surface area contributed by atoms with Crippen LogP contribution in [0.3, 0.4) is 0 Å². The number of ether oxygens (including phenoxy) is 2. The number of carbonyl (C=O) groups is 3. The third-order valence-corrected chi connectivity index (χ3v) is 2.59. The average Bonchev–Trinajstić information content (AvgIpc) is 2.42. The molecule has 0 aliphatic carbocycles. The summed E-state index contributed by atoms with van der Waals surface area (Å²) in [6.07, 6.45) is -1.62. The normalized spacial score (nSPS) is 11.1. The maximum atomic E-state index is 12.1. The molecule has 0 radical (unpaired) electrons. The summed E-state index contributed by atoms with van der Waals surface area (Å²) < 4.78 is 10.3. The molecule has 0 aromatic heterocycles. The second-order valence-corrected chi connectivity index (χ2v) is 7.75. The zero-order valence-corrected chi connectivity index (χ0v) is 16.9. The van der Waals surface area contributed by atoms with Gasteiger partial charge < -0.3 is 20.5 Å². The zero-order chi connectivity index (χ0) is 21.5. The van der Waals surface area contributed by atoms with Crippen LogP contribution in [0.4, 0.5) is 25.8 Å². The number of nitrogens with two attached hydrogens (primary N) is 1. The fraction of sp³-hybridized carbons (Fsp3) is 0.444. The minimum absolute atomic E-state index is 0.209. The number of amides is 4. The van der Waals surface area contributed by atoms with Crippen molar-refractivity contribution in [3.63, 3.8) is 0 Å². The van der Waals surface area contributed by atoms with Crippen LogP contribution in [-0.2, 0) is 9.47 Å². The van der Waals surface area contributed by atoms with Gasteiger partial charge in [0, 0.05) is 5.69 Å². The lowest BCUT2D eigenvalue weighted by Crippen LogP contribution is -2.47. The lowest BCUT2D eigenvalue weighted by atomic mass is 10.2. The first-order valence-corrected chi connectivity index (χ1v) is 8.49. The molecule has 0 heterocycles. The lowest BCUT2D eigenvalue weighted by Gasteiger charge is -2.22. The molecule has 10 nitrogen and oxygen atoms in total. The number of carbonyl (C=O) groups excluding carboxylic acids is 3. The second-order valence-electron chi connectivity index (χ2n) is 7.75. The van der Waals surface area contributed by atoms with Gasteiger partial charge in [-0.15, -0.1) is 0 Å². The van der Waals surface area contributed by atoms with Crippen LogP contribution in [0.25, 0.3) is 0 Å². The molecule has 0 unspecified atom stereocenters. The summed E-state index contributed by atoms with van der Waals surface area (Å²) in [5.74, 6) is -0.209. The number of aliphatic imine (C=N–C) groups is 1. The Hall–Kier alpha value is -3.30. The van der Waals surface area contributed by atoms with Gasteiger partial charge in [-0.05, 0) is 59.7 Å². The number of hydrogen-bond acceptors (Lipinski definition) is 6. The van der Waals surface area contributed by atoms with Gasteiger partial charge in [0.2, 0.25) is 5.96 Å². The third kappa shape index (κ3) is 10.00. The largest absolute Gasteiger partial charge is 0.444 e. The van der Waals surface area contributed by atoms with E-state index in [1.54, 1.807) is 59.7 Å². The van der Waals surface area contributed by atoms with E-state index in [1.807, 2.05) is 0 Å². The Kier molecular flexibility index (Phi) is 7.36. The highest BCUT2D eigenvalue weighted by Gasteiger charge is 2.21. The minimum Gasteiger partial charge on any atom is -0.444 e. The smallest absolute Gasteiger partial charge is 0.414 e. The number of hydrogen-bond donors (Lipinski definition) is 4. The van der Waals surface area contributed by atoms with Crippen LogP contribution in [0.15, 0.2) is 29.3 Å². The number of benzene rings is 1.